The molecule has 1 unspecified atom stereocenters. The van der Waals surface area contributed by atoms with E-state index >= 15 is 0 Å². The molecule has 0 aromatic rings. The van der Waals surface area contributed by atoms with Gasteiger partial charge in [-0.05, 0) is 6.04 Å². The van der Waals surface area contributed by atoms with Crippen LogP contribution in [0.25, 0.3) is 0 Å². The molecule has 1 atom stereocenters. The highest BCUT2D eigenvalue weighted by Crippen LogP contribution is 2.14. The zero-order chi connectivity index (χ0) is 8.20. The van der Waals surface area contributed by atoms with E-state index in [4.69, 9.17) is 36.2 Å². The Morgan fingerprint density at radius 2 is 2.20 bits per heavy atom. The smallest absolute Gasteiger partial charge is 0.227 e. The minimum atomic E-state index is -1.69. The Morgan fingerprint density at radius 3 is 2.50 bits per heavy atom. The fourth-order valence-electron chi connectivity index (χ4n) is 0.380. The number of aliphatic hydroxyl groups is 1. The van der Waals surface area contributed by atoms with Crippen molar-refractivity contribution in [2.45, 2.75) is 23.8 Å². The minimum Gasteiger partial charge on any atom is -0.362 e. The molecular weight excluding hydrogens is 172 g/mol. The van der Waals surface area contributed by atoms with Gasteiger partial charge >= 0.3 is 0 Å². The van der Waals surface area contributed by atoms with Crippen molar-refractivity contribution in [3.05, 3.63) is 0 Å². The summed E-state index contributed by atoms with van der Waals surface area (Å²) in [5, 5.41) is 11.6. The summed E-state index contributed by atoms with van der Waals surface area (Å²) >= 11 is 10.5. The largest absolute Gasteiger partial charge is 0.362 e. The van der Waals surface area contributed by atoms with Crippen molar-refractivity contribution < 1.29 is 5.11 Å². The van der Waals surface area contributed by atoms with Crippen LogP contribution in [0.4, 0.5) is 0 Å². The van der Waals surface area contributed by atoms with Crippen LogP contribution >= 0.6 is 23.2 Å². The maximum Gasteiger partial charge on any atom is 0.227 e. The molecule has 0 heterocycles. The summed E-state index contributed by atoms with van der Waals surface area (Å²) in [6.45, 7) is 1.99. The molecular formula is C5H10BCl2NO. The van der Waals surface area contributed by atoms with E-state index in [1.807, 2.05) is 6.92 Å². The third-order valence-electron chi connectivity index (χ3n) is 1.02. The molecule has 0 amide bonds. The van der Waals surface area contributed by atoms with Crippen LogP contribution in [0, 0.1) is 0 Å². The first-order valence-corrected chi connectivity index (χ1v) is 3.75. The lowest BCUT2D eigenvalue weighted by Crippen LogP contribution is -2.36. The molecule has 0 saturated heterocycles. The van der Waals surface area contributed by atoms with Crippen LogP contribution in [0.5, 0.6) is 0 Å². The minimum absolute atomic E-state index is 0.115. The summed E-state index contributed by atoms with van der Waals surface area (Å²) in [7, 11) is 5.27. The summed E-state index contributed by atoms with van der Waals surface area (Å²) in [5.74, 6) is 0. The van der Waals surface area contributed by atoms with Gasteiger partial charge in [-0.2, -0.15) is 0 Å². The fourth-order valence-corrected chi connectivity index (χ4v) is 0.535. The highest BCUT2D eigenvalue weighted by atomic mass is 35.5. The van der Waals surface area contributed by atoms with Crippen LogP contribution in [-0.2, 0) is 0 Å². The molecule has 10 heavy (non-hydrogen) atoms. The Balaban J connectivity index is 3.36. The Bertz CT molecular complexity index is 96.1. The van der Waals surface area contributed by atoms with E-state index in [-0.39, 0.29) is 12.6 Å². The first kappa shape index (κ1) is 10.6. The van der Waals surface area contributed by atoms with Crippen molar-refractivity contribution >= 4 is 31.0 Å². The van der Waals surface area contributed by atoms with E-state index in [2.05, 4.69) is 5.32 Å². The highest BCUT2D eigenvalue weighted by molar-refractivity contribution is 6.47. The fraction of sp³-hybridized carbons (Fsp3) is 1.00. The Hall–Kier alpha value is 0.565. The molecule has 2 radical (unpaired) electrons. The second-order valence-electron chi connectivity index (χ2n) is 2.18. The quantitative estimate of drug-likeness (QED) is 0.494. The Morgan fingerprint density at radius 1 is 1.70 bits per heavy atom. The van der Waals surface area contributed by atoms with E-state index in [0.717, 1.165) is 0 Å². The maximum absolute atomic E-state index is 8.79. The summed E-state index contributed by atoms with van der Waals surface area (Å²) in [4.78, 5) is 0. The van der Waals surface area contributed by atoms with E-state index in [1.54, 1.807) is 0 Å². The van der Waals surface area contributed by atoms with Crippen molar-refractivity contribution in [3.8, 4) is 0 Å². The number of hydrogen-bond acceptors (Lipinski definition) is 2. The van der Waals surface area contributed by atoms with Crippen LogP contribution in [0.15, 0.2) is 0 Å². The number of rotatable bonds is 4. The zero-order valence-corrected chi connectivity index (χ0v) is 7.28. The van der Waals surface area contributed by atoms with Gasteiger partial charge in [-0.3, -0.25) is 0 Å². The van der Waals surface area contributed by atoms with Gasteiger partial charge in [0.2, 0.25) is 4.52 Å². The number of hydrogen-bond donors (Lipinski definition) is 2. The molecule has 0 aromatic heterocycles. The summed E-state index contributed by atoms with van der Waals surface area (Å²) < 4.78 is -1.69. The molecule has 0 bridgehead atoms. The molecule has 0 rings (SSSR count). The summed E-state index contributed by atoms with van der Waals surface area (Å²) in [6.07, 6.45) is 0.490. The van der Waals surface area contributed by atoms with E-state index in [9.17, 15) is 0 Å². The highest BCUT2D eigenvalue weighted by Gasteiger charge is 2.18. The van der Waals surface area contributed by atoms with E-state index in [0.29, 0.717) is 6.32 Å². The maximum atomic E-state index is 8.79. The average molecular weight is 182 g/mol. The lowest BCUT2D eigenvalue weighted by Gasteiger charge is -2.16. The van der Waals surface area contributed by atoms with Gasteiger partial charge in [0.25, 0.3) is 0 Å². The molecule has 0 aliphatic carbocycles. The summed E-state index contributed by atoms with van der Waals surface area (Å²) in [6, 6.07) is 0.115. The lowest BCUT2D eigenvalue weighted by atomic mass is 9.99. The second-order valence-corrected chi connectivity index (χ2v) is 3.63. The molecule has 0 fully saturated rings. The standard InChI is InChI=1S/C5H10BCl2NO/c1-4(2-6)9-3-5(7,8)10/h4,9-10H,2-3H2,1H3. The van der Waals surface area contributed by atoms with Gasteiger partial charge in [-0.1, -0.05) is 36.4 Å². The van der Waals surface area contributed by atoms with Crippen LogP contribution < -0.4 is 5.32 Å². The molecule has 0 aromatic carbocycles. The van der Waals surface area contributed by atoms with Crippen molar-refractivity contribution in [1.82, 2.24) is 5.32 Å². The molecule has 5 heteroatoms. The van der Waals surface area contributed by atoms with E-state index < -0.39 is 4.52 Å². The van der Waals surface area contributed by atoms with Crippen LogP contribution in [0.3, 0.4) is 0 Å². The molecule has 58 valence electrons. The second kappa shape index (κ2) is 4.44. The number of alkyl halides is 2. The lowest BCUT2D eigenvalue weighted by molar-refractivity contribution is 0.207. The molecule has 0 aliphatic rings. The van der Waals surface area contributed by atoms with Gasteiger partial charge in [0, 0.05) is 0 Å². The SMILES string of the molecule is [B]CC(C)NCC(O)(Cl)Cl. The molecule has 0 spiro atoms. The molecule has 0 aliphatic heterocycles. The van der Waals surface area contributed by atoms with Crippen molar-refractivity contribution in [3.63, 3.8) is 0 Å². The first-order valence-electron chi connectivity index (χ1n) is 2.99. The number of nitrogens with one attached hydrogen (secondary N) is 1. The van der Waals surface area contributed by atoms with Crippen molar-refractivity contribution in [1.29, 1.82) is 0 Å². The number of halogens is 2. The Labute approximate surface area is 72.3 Å². The van der Waals surface area contributed by atoms with Gasteiger partial charge in [-0.15, -0.1) is 0 Å². The third kappa shape index (κ3) is 6.68. The van der Waals surface area contributed by atoms with Gasteiger partial charge in [0.05, 0.1) is 14.4 Å². The normalized spacial score (nSPS) is 15.2. The van der Waals surface area contributed by atoms with Gasteiger partial charge < -0.3 is 10.4 Å². The zero-order valence-electron chi connectivity index (χ0n) is 5.77. The molecule has 2 nitrogen and oxygen atoms in total. The van der Waals surface area contributed by atoms with Gasteiger partial charge in [-0.25, -0.2) is 0 Å². The first-order chi connectivity index (χ1) is 4.45. The van der Waals surface area contributed by atoms with Crippen LogP contribution in [-0.4, -0.2) is 30.1 Å². The molecule has 2 N–H and O–H groups in total. The monoisotopic (exact) mass is 181 g/mol. The van der Waals surface area contributed by atoms with Crippen molar-refractivity contribution in [2.24, 2.45) is 0 Å². The predicted molar refractivity (Wildman–Crippen MR) is 44.7 cm³/mol. The van der Waals surface area contributed by atoms with Gasteiger partial charge in [0.1, 0.15) is 0 Å². The Kier molecular flexibility index (Phi) is 4.70. The molecule has 0 saturated carbocycles. The summed E-state index contributed by atoms with van der Waals surface area (Å²) in [5.41, 5.74) is 0. The van der Waals surface area contributed by atoms with Crippen LogP contribution in [0.2, 0.25) is 6.32 Å². The average Bonchev–Trinajstić information content (AvgIpc) is 1.81. The van der Waals surface area contributed by atoms with Gasteiger partial charge in [0.15, 0.2) is 0 Å². The van der Waals surface area contributed by atoms with Crippen LogP contribution in [0.1, 0.15) is 6.92 Å². The van der Waals surface area contributed by atoms with E-state index in [1.165, 1.54) is 0 Å². The predicted octanol–water partition coefficient (Wildman–Crippen LogP) is 0.675. The third-order valence-corrected chi connectivity index (χ3v) is 1.28. The topological polar surface area (TPSA) is 32.3 Å². The van der Waals surface area contributed by atoms with Crippen molar-refractivity contribution in [2.75, 3.05) is 6.54 Å².